The van der Waals surface area contributed by atoms with Gasteiger partial charge in [0, 0.05) is 13.1 Å². The highest BCUT2D eigenvalue weighted by atomic mass is 16.3. The third kappa shape index (κ3) is 2.63. The van der Waals surface area contributed by atoms with Crippen molar-refractivity contribution < 1.29 is 9.21 Å². The van der Waals surface area contributed by atoms with Gasteiger partial charge in [-0.05, 0) is 37.1 Å². The van der Waals surface area contributed by atoms with Crippen LogP contribution in [0.4, 0.5) is 5.82 Å². The molecule has 1 N–H and O–H groups in total. The molecule has 3 aromatic rings. The Kier molecular flexibility index (Phi) is 3.41. The fourth-order valence-corrected chi connectivity index (χ4v) is 2.70. The first-order chi connectivity index (χ1) is 11.3. The fourth-order valence-electron chi connectivity index (χ4n) is 2.70. The number of furan rings is 1. The van der Waals surface area contributed by atoms with Crippen LogP contribution in [0.1, 0.15) is 29.2 Å². The summed E-state index contributed by atoms with van der Waals surface area (Å²) in [4.78, 5) is 14.2. The number of nitrogens with one attached hydrogen (secondary N) is 1. The number of fused-ring (bicyclic) bond motifs is 1. The second-order valence-electron chi connectivity index (χ2n) is 5.43. The number of aromatic nitrogens is 4. The summed E-state index contributed by atoms with van der Waals surface area (Å²) in [7, 11) is 0. The number of carbonyl (C=O) groups is 1. The average molecular weight is 312 g/mol. The minimum atomic E-state index is -0.289. The molecule has 1 aliphatic rings. The van der Waals surface area contributed by atoms with Crippen LogP contribution in [0.15, 0.2) is 34.9 Å². The predicted octanol–water partition coefficient (Wildman–Crippen LogP) is 1.25. The van der Waals surface area contributed by atoms with Crippen molar-refractivity contribution in [2.45, 2.75) is 19.4 Å². The lowest BCUT2D eigenvalue weighted by atomic mass is 10.4. The van der Waals surface area contributed by atoms with Gasteiger partial charge in [-0.3, -0.25) is 4.79 Å². The van der Waals surface area contributed by atoms with E-state index in [0.29, 0.717) is 11.5 Å². The van der Waals surface area contributed by atoms with Crippen molar-refractivity contribution in [2.75, 3.05) is 18.0 Å². The van der Waals surface area contributed by atoms with E-state index in [1.165, 1.54) is 19.1 Å². The van der Waals surface area contributed by atoms with E-state index in [0.717, 1.165) is 18.9 Å². The van der Waals surface area contributed by atoms with Crippen LogP contribution < -0.4 is 10.2 Å². The number of nitrogens with zero attached hydrogens (tertiary/aromatic N) is 5. The van der Waals surface area contributed by atoms with Crippen LogP contribution in [0.25, 0.3) is 5.65 Å². The van der Waals surface area contributed by atoms with Gasteiger partial charge in [0.2, 0.25) is 0 Å². The van der Waals surface area contributed by atoms with Crippen molar-refractivity contribution in [1.82, 2.24) is 25.1 Å². The highest BCUT2D eigenvalue weighted by Crippen LogP contribution is 2.18. The van der Waals surface area contributed by atoms with E-state index in [4.69, 9.17) is 4.42 Å². The lowest BCUT2D eigenvalue weighted by molar-refractivity contribution is 0.0922. The SMILES string of the molecule is O=C(NCc1nnc2ccc(N3CCCC3)nn12)c1ccco1. The standard InChI is InChI=1S/C15H16N6O2/c22-15(11-4-3-9-23-11)16-10-14-18-17-12-5-6-13(19-21(12)14)20-7-1-2-8-20/h3-6,9H,1-2,7-8,10H2,(H,16,22). The van der Waals surface area contributed by atoms with Crippen LogP contribution >= 0.6 is 0 Å². The van der Waals surface area contributed by atoms with Crippen LogP contribution in [0, 0.1) is 0 Å². The van der Waals surface area contributed by atoms with Crippen molar-refractivity contribution in [3.05, 3.63) is 42.1 Å². The Bertz CT molecular complexity index is 820. The van der Waals surface area contributed by atoms with Crippen LogP contribution in [0.5, 0.6) is 0 Å². The Morgan fingerprint density at radius 1 is 1.22 bits per heavy atom. The number of hydrogen-bond acceptors (Lipinski definition) is 6. The molecule has 1 saturated heterocycles. The second-order valence-corrected chi connectivity index (χ2v) is 5.43. The molecule has 0 aromatic carbocycles. The Morgan fingerprint density at radius 2 is 2.09 bits per heavy atom. The van der Waals surface area contributed by atoms with Crippen molar-refractivity contribution in [3.8, 4) is 0 Å². The smallest absolute Gasteiger partial charge is 0.287 e. The van der Waals surface area contributed by atoms with E-state index in [1.807, 2.05) is 12.1 Å². The zero-order chi connectivity index (χ0) is 15.6. The molecule has 8 heteroatoms. The zero-order valence-corrected chi connectivity index (χ0v) is 12.5. The van der Waals surface area contributed by atoms with Gasteiger partial charge in [-0.1, -0.05) is 0 Å². The summed E-state index contributed by atoms with van der Waals surface area (Å²) in [6.07, 6.45) is 3.84. The van der Waals surface area contributed by atoms with Gasteiger partial charge in [-0.15, -0.1) is 15.3 Å². The third-order valence-corrected chi connectivity index (χ3v) is 3.90. The maximum Gasteiger partial charge on any atom is 0.287 e. The Balaban J connectivity index is 1.54. The summed E-state index contributed by atoms with van der Waals surface area (Å²) in [5.74, 6) is 1.47. The first-order valence-corrected chi connectivity index (χ1v) is 7.59. The number of rotatable bonds is 4. The zero-order valence-electron chi connectivity index (χ0n) is 12.5. The molecule has 0 radical (unpaired) electrons. The highest BCUT2D eigenvalue weighted by molar-refractivity contribution is 5.91. The second kappa shape index (κ2) is 5.71. The van der Waals surface area contributed by atoms with Crippen molar-refractivity contribution in [2.24, 2.45) is 0 Å². The first-order valence-electron chi connectivity index (χ1n) is 7.59. The van der Waals surface area contributed by atoms with E-state index in [9.17, 15) is 4.79 Å². The minimum absolute atomic E-state index is 0.233. The predicted molar refractivity (Wildman–Crippen MR) is 82.1 cm³/mol. The molecular weight excluding hydrogens is 296 g/mol. The summed E-state index contributed by atoms with van der Waals surface area (Å²) >= 11 is 0. The van der Waals surface area contributed by atoms with Gasteiger partial charge in [-0.25, -0.2) is 0 Å². The van der Waals surface area contributed by atoms with Gasteiger partial charge in [0.1, 0.15) is 5.82 Å². The quantitative estimate of drug-likeness (QED) is 0.780. The maximum absolute atomic E-state index is 11.9. The molecule has 0 atom stereocenters. The van der Waals surface area contributed by atoms with Crippen molar-refractivity contribution in [3.63, 3.8) is 0 Å². The number of amides is 1. The molecule has 1 amide bonds. The molecule has 4 heterocycles. The lowest BCUT2D eigenvalue weighted by Crippen LogP contribution is -2.24. The molecule has 3 aromatic heterocycles. The first kappa shape index (κ1) is 13.7. The Hall–Kier alpha value is -2.90. The van der Waals surface area contributed by atoms with Crippen molar-refractivity contribution in [1.29, 1.82) is 0 Å². The molecule has 0 unspecified atom stereocenters. The summed E-state index contributed by atoms with van der Waals surface area (Å²) in [5, 5.41) is 15.5. The number of carbonyl (C=O) groups excluding carboxylic acids is 1. The average Bonchev–Trinajstić information content (AvgIpc) is 3.33. The molecule has 0 saturated carbocycles. The van der Waals surface area contributed by atoms with E-state index < -0.39 is 0 Å². The molecule has 0 bridgehead atoms. The summed E-state index contributed by atoms with van der Waals surface area (Å²) in [6, 6.07) is 7.14. The third-order valence-electron chi connectivity index (χ3n) is 3.90. The molecule has 4 rings (SSSR count). The molecule has 0 aliphatic carbocycles. The normalized spacial score (nSPS) is 14.5. The van der Waals surface area contributed by atoms with Gasteiger partial charge in [-0.2, -0.15) is 4.52 Å². The van der Waals surface area contributed by atoms with Gasteiger partial charge in [0.05, 0.1) is 12.8 Å². The van der Waals surface area contributed by atoms with Gasteiger partial charge < -0.3 is 14.6 Å². The van der Waals surface area contributed by atoms with Crippen LogP contribution in [0.3, 0.4) is 0 Å². The number of hydrogen-bond donors (Lipinski definition) is 1. The van der Waals surface area contributed by atoms with Crippen LogP contribution in [-0.2, 0) is 6.54 Å². The Labute approximate surface area is 132 Å². The van der Waals surface area contributed by atoms with E-state index in [1.54, 1.807) is 16.6 Å². The minimum Gasteiger partial charge on any atom is -0.459 e. The molecule has 118 valence electrons. The largest absolute Gasteiger partial charge is 0.459 e. The Morgan fingerprint density at radius 3 is 2.87 bits per heavy atom. The van der Waals surface area contributed by atoms with Gasteiger partial charge in [0.25, 0.3) is 5.91 Å². The summed E-state index contributed by atoms with van der Waals surface area (Å²) in [6.45, 7) is 2.27. The van der Waals surface area contributed by atoms with Crippen LogP contribution in [-0.4, -0.2) is 38.8 Å². The van der Waals surface area contributed by atoms with Gasteiger partial charge in [0.15, 0.2) is 17.2 Å². The summed E-state index contributed by atoms with van der Waals surface area (Å²) < 4.78 is 6.74. The molecule has 1 fully saturated rings. The molecule has 8 nitrogen and oxygen atoms in total. The highest BCUT2D eigenvalue weighted by Gasteiger charge is 2.16. The molecular formula is C15H16N6O2. The van der Waals surface area contributed by atoms with E-state index in [-0.39, 0.29) is 18.2 Å². The van der Waals surface area contributed by atoms with Gasteiger partial charge >= 0.3 is 0 Å². The molecule has 23 heavy (non-hydrogen) atoms. The number of anilines is 1. The van der Waals surface area contributed by atoms with E-state index >= 15 is 0 Å². The maximum atomic E-state index is 11.9. The molecule has 1 aliphatic heterocycles. The lowest BCUT2D eigenvalue weighted by Gasteiger charge is -2.15. The molecule has 0 spiro atoms. The van der Waals surface area contributed by atoms with Crippen molar-refractivity contribution >= 4 is 17.4 Å². The topological polar surface area (TPSA) is 88.6 Å². The summed E-state index contributed by atoms with van der Waals surface area (Å²) in [5.41, 5.74) is 0.662. The monoisotopic (exact) mass is 312 g/mol. The van der Waals surface area contributed by atoms with E-state index in [2.05, 4.69) is 25.5 Å². The fraction of sp³-hybridized carbons (Fsp3) is 0.333. The van der Waals surface area contributed by atoms with Crippen LogP contribution in [0.2, 0.25) is 0 Å².